The molecule has 2 heterocycles. The number of hydrogen-bond donors (Lipinski definition) is 1. The largest absolute Gasteiger partial charge is 0.493 e. The number of piperidine rings is 1. The van der Waals surface area contributed by atoms with Gasteiger partial charge in [-0.05, 0) is 56.1 Å². The SMILES string of the molecule is COC(=O)CCCCCNC(=O)Cc1ccc(OCCCC2CCN(c3ncc(Cl)cn3)CC2)cc1F. The molecule has 1 aromatic heterocycles. The molecule has 10 heteroatoms. The van der Waals surface area contributed by atoms with E-state index >= 15 is 0 Å². The highest BCUT2D eigenvalue weighted by Crippen LogP contribution is 2.25. The van der Waals surface area contributed by atoms with Gasteiger partial charge in [-0.25, -0.2) is 14.4 Å². The number of benzene rings is 1. The zero-order chi connectivity index (χ0) is 26.5. The van der Waals surface area contributed by atoms with Gasteiger partial charge in [0.25, 0.3) is 0 Å². The Bertz CT molecular complexity index is 1000. The minimum atomic E-state index is -0.442. The van der Waals surface area contributed by atoms with Gasteiger partial charge in [-0.15, -0.1) is 0 Å². The zero-order valence-corrected chi connectivity index (χ0v) is 22.1. The molecule has 1 saturated heterocycles. The van der Waals surface area contributed by atoms with Gasteiger partial charge in [0, 0.05) is 32.1 Å². The standard InChI is InChI=1S/C27H36ClFN4O4/c1-36-26(35)7-3-2-4-12-30-25(34)16-21-8-9-23(17-24(21)29)37-15-5-6-20-10-13-33(14-11-20)27-31-18-22(28)19-32-27/h8-9,17-20H,2-7,10-16H2,1H3,(H,30,34). The molecule has 1 fully saturated rings. The lowest BCUT2D eigenvalue weighted by atomic mass is 9.92. The third kappa shape index (κ3) is 10.1. The molecule has 0 spiro atoms. The van der Waals surface area contributed by atoms with Gasteiger partial charge in [0.2, 0.25) is 11.9 Å². The second-order valence-electron chi connectivity index (χ2n) is 9.29. The van der Waals surface area contributed by atoms with Crippen LogP contribution < -0.4 is 15.0 Å². The fourth-order valence-electron chi connectivity index (χ4n) is 4.35. The van der Waals surface area contributed by atoms with Crippen LogP contribution in [-0.4, -0.2) is 55.2 Å². The van der Waals surface area contributed by atoms with Crippen molar-refractivity contribution in [2.24, 2.45) is 5.92 Å². The second kappa shape index (κ2) is 15.3. The molecule has 1 N–H and O–H groups in total. The molecule has 1 amide bonds. The Kier molecular flexibility index (Phi) is 11.9. The number of nitrogens with zero attached hydrogens (tertiary/aromatic N) is 3. The zero-order valence-electron chi connectivity index (χ0n) is 21.4. The number of rotatable bonds is 14. The fraction of sp³-hybridized carbons (Fsp3) is 0.556. The van der Waals surface area contributed by atoms with Crippen molar-refractivity contribution in [3.8, 4) is 5.75 Å². The van der Waals surface area contributed by atoms with Crippen LogP contribution in [0.1, 0.15) is 56.9 Å². The topological polar surface area (TPSA) is 93.6 Å². The van der Waals surface area contributed by atoms with Gasteiger partial charge in [0.05, 0.1) is 37.6 Å². The summed E-state index contributed by atoms with van der Waals surface area (Å²) >= 11 is 5.86. The van der Waals surface area contributed by atoms with Crippen LogP contribution in [0.15, 0.2) is 30.6 Å². The number of hydrogen-bond acceptors (Lipinski definition) is 7. The number of amides is 1. The summed E-state index contributed by atoms with van der Waals surface area (Å²) in [6, 6.07) is 4.66. The lowest BCUT2D eigenvalue weighted by Gasteiger charge is -2.31. The van der Waals surface area contributed by atoms with Crippen molar-refractivity contribution in [3.63, 3.8) is 0 Å². The van der Waals surface area contributed by atoms with Gasteiger partial charge in [0.15, 0.2) is 0 Å². The Hall–Kier alpha value is -2.94. The number of unbranched alkanes of at least 4 members (excludes halogenated alkanes) is 2. The number of ether oxygens (including phenoxy) is 2. The summed E-state index contributed by atoms with van der Waals surface area (Å²) in [6.45, 7) is 2.86. The normalized spacial score (nSPS) is 13.9. The van der Waals surface area contributed by atoms with Crippen molar-refractivity contribution in [2.75, 3.05) is 38.3 Å². The molecule has 0 atom stereocenters. The van der Waals surface area contributed by atoms with Crippen molar-refractivity contribution < 1.29 is 23.5 Å². The molecule has 0 radical (unpaired) electrons. The number of carbonyl (C=O) groups excluding carboxylic acids is 2. The third-order valence-electron chi connectivity index (χ3n) is 6.51. The summed E-state index contributed by atoms with van der Waals surface area (Å²) in [6.07, 6.45) is 9.99. The van der Waals surface area contributed by atoms with E-state index in [2.05, 4.69) is 24.9 Å². The van der Waals surface area contributed by atoms with Crippen LogP contribution in [0.3, 0.4) is 0 Å². The monoisotopic (exact) mass is 534 g/mol. The van der Waals surface area contributed by atoms with Crippen molar-refractivity contribution in [3.05, 3.63) is 47.0 Å². The summed E-state index contributed by atoms with van der Waals surface area (Å²) in [7, 11) is 1.37. The average Bonchev–Trinajstić information content (AvgIpc) is 2.90. The van der Waals surface area contributed by atoms with E-state index in [1.807, 2.05) is 0 Å². The van der Waals surface area contributed by atoms with Crippen LogP contribution in [0.5, 0.6) is 5.75 Å². The summed E-state index contributed by atoms with van der Waals surface area (Å²) in [5.41, 5.74) is 0.340. The second-order valence-corrected chi connectivity index (χ2v) is 9.73. The van der Waals surface area contributed by atoms with Gasteiger partial charge in [0.1, 0.15) is 11.6 Å². The summed E-state index contributed by atoms with van der Waals surface area (Å²) < 4.78 is 24.8. The molecule has 0 saturated carbocycles. The van der Waals surface area contributed by atoms with Crippen LogP contribution in [0.2, 0.25) is 5.02 Å². The number of methoxy groups -OCH3 is 1. The van der Waals surface area contributed by atoms with Gasteiger partial charge in [-0.1, -0.05) is 24.1 Å². The first-order chi connectivity index (χ1) is 17.9. The van der Waals surface area contributed by atoms with Crippen LogP contribution in [0, 0.1) is 11.7 Å². The quantitative estimate of drug-likeness (QED) is 0.276. The number of halogens is 2. The van der Waals surface area contributed by atoms with E-state index in [-0.39, 0.29) is 18.3 Å². The maximum Gasteiger partial charge on any atom is 0.305 e. The van der Waals surface area contributed by atoms with Gasteiger partial charge < -0.3 is 19.7 Å². The van der Waals surface area contributed by atoms with E-state index in [1.54, 1.807) is 24.5 Å². The predicted molar refractivity (Wildman–Crippen MR) is 140 cm³/mol. The first kappa shape index (κ1) is 28.6. The van der Waals surface area contributed by atoms with Crippen LogP contribution in [0.25, 0.3) is 0 Å². The molecule has 0 bridgehead atoms. The van der Waals surface area contributed by atoms with Gasteiger partial charge >= 0.3 is 5.97 Å². The fourth-order valence-corrected chi connectivity index (χ4v) is 4.45. The highest BCUT2D eigenvalue weighted by atomic mass is 35.5. The molecule has 0 unspecified atom stereocenters. The highest BCUT2D eigenvalue weighted by Gasteiger charge is 2.20. The first-order valence-electron chi connectivity index (χ1n) is 12.9. The summed E-state index contributed by atoms with van der Waals surface area (Å²) in [4.78, 5) is 33.9. The average molecular weight is 535 g/mol. The lowest BCUT2D eigenvalue weighted by molar-refractivity contribution is -0.140. The molecule has 202 valence electrons. The van der Waals surface area contributed by atoms with E-state index in [1.165, 1.54) is 13.2 Å². The molecule has 3 rings (SSSR count). The Labute approximate surface area is 222 Å². The first-order valence-corrected chi connectivity index (χ1v) is 13.3. The number of nitrogens with one attached hydrogen (secondary N) is 1. The third-order valence-corrected chi connectivity index (χ3v) is 6.71. The number of anilines is 1. The smallest absolute Gasteiger partial charge is 0.305 e. The Morgan fingerprint density at radius 1 is 1.14 bits per heavy atom. The number of carbonyl (C=O) groups is 2. The van der Waals surface area contributed by atoms with E-state index < -0.39 is 5.82 Å². The minimum absolute atomic E-state index is 0.0198. The predicted octanol–water partition coefficient (Wildman–Crippen LogP) is 4.74. The minimum Gasteiger partial charge on any atom is -0.493 e. The molecule has 1 aliphatic heterocycles. The molecule has 1 aromatic carbocycles. The molecule has 8 nitrogen and oxygen atoms in total. The highest BCUT2D eigenvalue weighted by molar-refractivity contribution is 6.30. The molecule has 2 aromatic rings. The number of esters is 1. The Morgan fingerprint density at radius 3 is 2.59 bits per heavy atom. The Morgan fingerprint density at radius 2 is 1.89 bits per heavy atom. The van der Waals surface area contributed by atoms with Crippen molar-refractivity contribution in [1.82, 2.24) is 15.3 Å². The lowest BCUT2D eigenvalue weighted by Crippen LogP contribution is -2.34. The van der Waals surface area contributed by atoms with E-state index in [0.717, 1.165) is 64.0 Å². The molecule has 1 aliphatic rings. The van der Waals surface area contributed by atoms with Crippen molar-refractivity contribution in [1.29, 1.82) is 0 Å². The van der Waals surface area contributed by atoms with E-state index in [9.17, 15) is 14.0 Å². The van der Waals surface area contributed by atoms with E-state index in [0.29, 0.717) is 41.8 Å². The van der Waals surface area contributed by atoms with Crippen molar-refractivity contribution in [2.45, 2.75) is 57.8 Å². The van der Waals surface area contributed by atoms with Crippen LogP contribution in [0.4, 0.5) is 10.3 Å². The van der Waals surface area contributed by atoms with Crippen LogP contribution >= 0.6 is 11.6 Å². The molecule has 37 heavy (non-hydrogen) atoms. The Balaban J connectivity index is 1.28. The van der Waals surface area contributed by atoms with E-state index in [4.69, 9.17) is 16.3 Å². The van der Waals surface area contributed by atoms with Crippen LogP contribution in [-0.2, 0) is 20.7 Å². The molecular weight excluding hydrogens is 499 g/mol. The number of aromatic nitrogens is 2. The maximum absolute atomic E-state index is 14.5. The molecule has 0 aliphatic carbocycles. The van der Waals surface area contributed by atoms with Gasteiger partial charge in [-0.3, -0.25) is 9.59 Å². The maximum atomic E-state index is 14.5. The summed E-state index contributed by atoms with van der Waals surface area (Å²) in [5.74, 6) is 0.923. The van der Waals surface area contributed by atoms with Gasteiger partial charge in [-0.2, -0.15) is 0 Å². The molecular formula is C27H36ClFN4O4. The summed E-state index contributed by atoms with van der Waals surface area (Å²) in [5, 5.41) is 3.33. The van der Waals surface area contributed by atoms with Crippen molar-refractivity contribution >= 4 is 29.4 Å².